The zero-order valence-corrected chi connectivity index (χ0v) is 10.2. The lowest BCUT2D eigenvalue weighted by Crippen LogP contribution is -2.58. The molecule has 0 spiro atoms. The summed E-state index contributed by atoms with van der Waals surface area (Å²) < 4.78 is 16.3. The van der Waals surface area contributed by atoms with Gasteiger partial charge in [0.25, 0.3) is 0 Å². The van der Waals surface area contributed by atoms with Crippen molar-refractivity contribution in [2.24, 2.45) is 11.7 Å². The lowest BCUT2D eigenvalue weighted by Gasteiger charge is -2.53. The number of hydrogen-bond acceptors (Lipinski definition) is 4. The number of ether oxygens (including phenoxy) is 3. The van der Waals surface area contributed by atoms with Gasteiger partial charge >= 0.3 is 0 Å². The van der Waals surface area contributed by atoms with Crippen LogP contribution in [0.4, 0.5) is 0 Å². The van der Waals surface area contributed by atoms with Gasteiger partial charge in [-0.15, -0.1) is 0 Å². The first kappa shape index (κ1) is 10.6. The predicted molar refractivity (Wildman–Crippen MR) is 65.8 cm³/mol. The maximum Gasteiger partial charge on any atom is 0.231 e. The first-order valence-corrected chi connectivity index (χ1v) is 6.51. The number of hydrogen-bond donors (Lipinski definition) is 1. The summed E-state index contributed by atoms with van der Waals surface area (Å²) in [5, 5.41) is 0. The number of rotatable bonds is 2. The zero-order valence-electron chi connectivity index (χ0n) is 10.2. The van der Waals surface area contributed by atoms with Crippen LogP contribution >= 0.6 is 0 Å². The lowest BCUT2D eigenvalue weighted by atomic mass is 9.59. The lowest BCUT2D eigenvalue weighted by molar-refractivity contribution is -0.111. The Balaban J connectivity index is 1.68. The molecule has 96 valence electrons. The van der Waals surface area contributed by atoms with Gasteiger partial charge in [-0.3, -0.25) is 0 Å². The molecule has 0 bridgehead atoms. The molecule has 2 N–H and O–H groups in total. The summed E-state index contributed by atoms with van der Waals surface area (Å²) in [6.07, 6.45) is 2.22. The second-order valence-corrected chi connectivity index (χ2v) is 5.65. The van der Waals surface area contributed by atoms with E-state index in [1.807, 2.05) is 6.07 Å². The molecule has 1 saturated heterocycles. The van der Waals surface area contributed by atoms with Gasteiger partial charge in [0.05, 0.1) is 13.2 Å². The van der Waals surface area contributed by atoms with Crippen molar-refractivity contribution >= 4 is 0 Å². The van der Waals surface area contributed by atoms with E-state index in [1.165, 1.54) is 5.56 Å². The van der Waals surface area contributed by atoms with Gasteiger partial charge in [-0.25, -0.2) is 0 Å². The van der Waals surface area contributed by atoms with Crippen molar-refractivity contribution in [3.8, 4) is 11.5 Å². The molecule has 4 rings (SSSR count). The fourth-order valence-electron chi connectivity index (χ4n) is 3.28. The molecule has 4 heteroatoms. The largest absolute Gasteiger partial charge is 0.454 e. The summed E-state index contributed by atoms with van der Waals surface area (Å²) >= 11 is 0. The molecule has 1 saturated carbocycles. The Morgan fingerprint density at radius 3 is 2.56 bits per heavy atom. The van der Waals surface area contributed by atoms with Gasteiger partial charge in [0.15, 0.2) is 11.5 Å². The molecule has 3 aliphatic rings. The van der Waals surface area contributed by atoms with E-state index in [9.17, 15) is 0 Å². The summed E-state index contributed by atoms with van der Waals surface area (Å²) in [4.78, 5) is 0. The van der Waals surface area contributed by atoms with E-state index < -0.39 is 0 Å². The van der Waals surface area contributed by atoms with E-state index >= 15 is 0 Å². The predicted octanol–water partition coefficient (Wildman–Crippen LogP) is 1.42. The van der Waals surface area contributed by atoms with Crippen molar-refractivity contribution in [2.45, 2.75) is 24.3 Å². The number of nitrogens with two attached hydrogens (primary N) is 1. The second-order valence-electron chi connectivity index (χ2n) is 5.65. The van der Waals surface area contributed by atoms with Crippen molar-refractivity contribution < 1.29 is 14.2 Å². The molecule has 2 aliphatic heterocycles. The normalized spacial score (nSPS) is 31.6. The Kier molecular flexibility index (Phi) is 2.14. The molecule has 4 nitrogen and oxygen atoms in total. The average Bonchev–Trinajstić information content (AvgIpc) is 2.72. The Hall–Kier alpha value is -1.26. The van der Waals surface area contributed by atoms with Crippen LogP contribution in [0.5, 0.6) is 11.5 Å². The van der Waals surface area contributed by atoms with Crippen LogP contribution in [0.25, 0.3) is 0 Å². The molecule has 0 aromatic heterocycles. The molecule has 2 fully saturated rings. The first-order chi connectivity index (χ1) is 8.78. The minimum atomic E-state index is 0.164. The molecule has 0 radical (unpaired) electrons. The SMILES string of the molecule is NC1CC(C2(c3ccc4c(c3)OCO4)COC2)C1. The van der Waals surface area contributed by atoms with Gasteiger partial charge in [0.1, 0.15) is 0 Å². The van der Waals surface area contributed by atoms with Crippen LogP contribution in [0.3, 0.4) is 0 Å². The summed E-state index contributed by atoms with van der Waals surface area (Å²) in [5.74, 6) is 2.36. The molecule has 1 aromatic carbocycles. The molecule has 1 aliphatic carbocycles. The quantitative estimate of drug-likeness (QED) is 0.858. The Morgan fingerprint density at radius 2 is 1.89 bits per heavy atom. The van der Waals surface area contributed by atoms with E-state index in [4.69, 9.17) is 19.9 Å². The van der Waals surface area contributed by atoms with Crippen LogP contribution in [0, 0.1) is 5.92 Å². The molecular formula is C14H17NO3. The van der Waals surface area contributed by atoms with E-state index in [0.717, 1.165) is 37.6 Å². The first-order valence-electron chi connectivity index (χ1n) is 6.51. The van der Waals surface area contributed by atoms with Crippen LogP contribution in [0.15, 0.2) is 18.2 Å². The molecule has 0 amide bonds. The molecular weight excluding hydrogens is 230 g/mol. The standard InChI is InChI=1S/C14H17NO3/c15-11-3-10(4-11)14(6-16-7-14)9-1-2-12-13(5-9)18-8-17-12/h1-2,5,10-11H,3-4,6-8,15H2. The minimum Gasteiger partial charge on any atom is -0.454 e. The minimum absolute atomic E-state index is 0.164. The topological polar surface area (TPSA) is 53.7 Å². The molecule has 0 unspecified atom stereocenters. The average molecular weight is 247 g/mol. The summed E-state index contributed by atoms with van der Waals surface area (Å²) in [7, 11) is 0. The van der Waals surface area contributed by atoms with Crippen LogP contribution in [-0.4, -0.2) is 26.0 Å². The van der Waals surface area contributed by atoms with Crippen LogP contribution in [-0.2, 0) is 10.2 Å². The fraction of sp³-hybridized carbons (Fsp3) is 0.571. The Morgan fingerprint density at radius 1 is 1.11 bits per heavy atom. The zero-order chi connectivity index (χ0) is 12.2. The van der Waals surface area contributed by atoms with Gasteiger partial charge in [0, 0.05) is 11.5 Å². The third kappa shape index (κ3) is 1.33. The van der Waals surface area contributed by atoms with Gasteiger partial charge in [-0.05, 0) is 36.5 Å². The monoisotopic (exact) mass is 247 g/mol. The molecule has 2 heterocycles. The summed E-state index contributed by atoms with van der Waals surface area (Å²) in [5.41, 5.74) is 7.41. The van der Waals surface area contributed by atoms with E-state index in [-0.39, 0.29) is 5.41 Å². The smallest absolute Gasteiger partial charge is 0.231 e. The van der Waals surface area contributed by atoms with E-state index in [2.05, 4.69) is 12.1 Å². The maximum atomic E-state index is 5.93. The molecule has 0 atom stereocenters. The summed E-state index contributed by atoms with van der Waals surface area (Å²) in [6, 6.07) is 6.66. The van der Waals surface area contributed by atoms with Gasteiger partial charge in [0.2, 0.25) is 6.79 Å². The van der Waals surface area contributed by atoms with Crippen LogP contribution in [0.1, 0.15) is 18.4 Å². The Bertz CT molecular complexity index is 478. The van der Waals surface area contributed by atoms with E-state index in [0.29, 0.717) is 18.8 Å². The highest BCUT2D eigenvalue weighted by Gasteiger charge is 2.51. The maximum absolute atomic E-state index is 5.93. The van der Waals surface area contributed by atoms with Crippen LogP contribution < -0.4 is 15.2 Å². The van der Waals surface area contributed by atoms with Crippen molar-refractivity contribution in [1.29, 1.82) is 0 Å². The molecule has 1 aromatic rings. The van der Waals surface area contributed by atoms with Crippen molar-refractivity contribution in [1.82, 2.24) is 0 Å². The highest BCUT2D eigenvalue weighted by Crippen LogP contribution is 2.49. The van der Waals surface area contributed by atoms with Gasteiger partial charge in [-0.2, -0.15) is 0 Å². The van der Waals surface area contributed by atoms with Crippen molar-refractivity contribution in [3.63, 3.8) is 0 Å². The van der Waals surface area contributed by atoms with Gasteiger partial charge < -0.3 is 19.9 Å². The van der Waals surface area contributed by atoms with E-state index in [1.54, 1.807) is 0 Å². The third-order valence-corrected chi connectivity index (χ3v) is 4.62. The molecule has 18 heavy (non-hydrogen) atoms. The van der Waals surface area contributed by atoms with Crippen molar-refractivity contribution in [3.05, 3.63) is 23.8 Å². The summed E-state index contributed by atoms with van der Waals surface area (Å²) in [6.45, 7) is 1.95. The number of fused-ring (bicyclic) bond motifs is 1. The van der Waals surface area contributed by atoms with Crippen molar-refractivity contribution in [2.75, 3.05) is 20.0 Å². The fourth-order valence-corrected chi connectivity index (χ4v) is 3.28. The number of benzene rings is 1. The highest BCUT2D eigenvalue weighted by molar-refractivity contribution is 5.47. The second kappa shape index (κ2) is 3.62. The van der Waals surface area contributed by atoms with Crippen LogP contribution in [0.2, 0.25) is 0 Å². The third-order valence-electron chi connectivity index (χ3n) is 4.62. The van der Waals surface area contributed by atoms with Gasteiger partial charge in [-0.1, -0.05) is 6.07 Å². The Labute approximate surface area is 106 Å². The highest BCUT2D eigenvalue weighted by atomic mass is 16.7.